The molecule has 7 heteroatoms. The molecule has 0 unspecified atom stereocenters. The lowest BCUT2D eigenvalue weighted by molar-refractivity contribution is -0.120. The number of rotatable bonds is 9. The first-order valence-electron chi connectivity index (χ1n) is 10.4. The van der Waals surface area contributed by atoms with Gasteiger partial charge in [0.1, 0.15) is 0 Å². The highest BCUT2D eigenvalue weighted by molar-refractivity contribution is 7.89. The summed E-state index contributed by atoms with van der Waals surface area (Å²) in [5.74, 6) is -0.363. The zero-order chi connectivity index (χ0) is 21.4. The van der Waals surface area contributed by atoms with Crippen molar-refractivity contribution in [2.24, 2.45) is 5.92 Å². The molecule has 6 nitrogen and oxygen atoms in total. The quantitative estimate of drug-likeness (QED) is 0.661. The molecule has 30 heavy (non-hydrogen) atoms. The van der Waals surface area contributed by atoms with E-state index in [9.17, 15) is 13.2 Å². The molecular weight excluding hydrogens is 400 g/mol. The molecule has 1 fully saturated rings. The smallest absolute Gasteiger partial charge is 0.228 e. The summed E-state index contributed by atoms with van der Waals surface area (Å²) in [6.07, 6.45) is 2.70. The maximum Gasteiger partial charge on any atom is 0.228 e. The van der Waals surface area contributed by atoms with Crippen molar-refractivity contribution in [3.63, 3.8) is 0 Å². The van der Waals surface area contributed by atoms with Crippen LogP contribution in [0.1, 0.15) is 30.4 Å². The van der Waals surface area contributed by atoms with E-state index in [-0.39, 0.29) is 24.1 Å². The van der Waals surface area contributed by atoms with Gasteiger partial charge >= 0.3 is 0 Å². The average molecular weight is 431 g/mol. The Kier molecular flexibility index (Phi) is 8.01. The van der Waals surface area contributed by atoms with Crippen molar-refractivity contribution in [1.82, 2.24) is 4.31 Å². The predicted molar refractivity (Wildman–Crippen MR) is 119 cm³/mol. The number of sulfonamides is 1. The summed E-state index contributed by atoms with van der Waals surface area (Å²) >= 11 is 0. The van der Waals surface area contributed by atoms with E-state index in [1.165, 1.54) is 4.31 Å². The second-order valence-electron chi connectivity index (χ2n) is 7.72. The first kappa shape index (κ1) is 22.5. The van der Waals surface area contributed by atoms with Crippen molar-refractivity contribution in [2.75, 3.05) is 31.3 Å². The molecular formula is C23H30N2O4S. The van der Waals surface area contributed by atoms with Crippen LogP contribution in [0.3, 0.4) is 0 Å². The standard InChI is InChI=1S/C23H30N2O4S/c1-29-18-20-10-5-13-22(16-20)24-23(26)21-12-6-14-25(17-21)30(27,28)15-7-11-19-8-3-2-4-9-19/h2-5,8-10,13,16,21H,6-7,11-12,14-15,17-18H2,1H3,(H,24,26)/t21-/m1/s1. The lowest BCUT2D eigenvalue weighted by Crippen LogP contribution is -2.44. The Morgan fingerprint density at radius 3 is 2.67 bits per heavy atom. The number of methoxy groups -OCH3 is 1. The summed E-state index contributed by atoms with van der Waals surface area (Å²) in [6, 6.07) is 17.4. The van der Waals surface area contributed by atoms with Crippen molar-refractivity contribution in [1.29, 1.82) is 0 Å². The van der Waals surface area contributed by atoms with Gasteiger partial charge in [-0.2, -0.15) is 0 Å². The summed E-state index contributed by atoms with van der Waals surface area (Å²) in [5, 5.41) is 2.93. The molecule has 0 spiro atoms. The highest BCUT2D eigenvalue weighted by Gasteiger charge is 2.32. The van der Waals surface area contributed by atoms with E-state index in [0.29, 0.717) is 38.1 Å². The van der Waals surface area contributed by atoms with Gasteiger partial charge in [0.2, 0.25) is 15.9 Å². The zero-order valence-electron chi connectivity index (χ0n) is 17.4. The van der Waals surface area contributed by atoms with Crippen molar-refractivity contribution in [3.05, 3.63) is 65.7 Å². The van der Waals surface area contributed by atoms with E-state index in [0.717, 1.165) is 17.5 Å². The number of nitrogens with one attached hydrogen (secondary N) is 1. The monoisotopic (exact) mass is 430 g/mol. The molecule has 1 aliphatic heterocycles. The number of piperidine rings is 1. The van der Waals surface area contributed by atoms with Gasteiger partial charge in [-0.25, -0.2) is 12.7 Å². The van der Waals surface area contributed by atoms with Crippen LogP contribution in [-0.2, 0) is 32.6 Å². The summed E-state index contributed by atoms with van der Waals surface area (Å²) in [6.45, 7) is 1.21. The molecule has 1 saturated heterocycles. The molecule has 1 N–H and O–H groups in total. The Hall–Kier alpha value is -2.22. The molecule has 1 aliphatic rings. The molecule has 162 valence electrons. The molecule has 3 rings (SSSR count). The third-order valence-corrected chi connectivity index (χ3v) is 7.29. The van der Waals surface area contributed by atoms with Crippen LogP contribution in [0.2, 0.25) is 0 Å². The van der Waals surface area contributed by atoms with Crippen molar-refractivity contribution >= 4 is 21.6 Å². The maximum atomic E-state index is 12.8. The van der Waals surface area contributed by atoms with Gasteiger partial charge in [-0.1, -0.05) is 42.5 Å². The first-order valence-corrected chi connectivity index (χ1v) is 12.0. The lowest BCUT2D eigenvalue weighted by Gasteiger charge is -2.31. The number of benzene rings is 2. The number of anilines is 1. The number of hydrogen-bond donors (Lipinski definition) is 1. The van der Waals surface area contributed by atoms with Crippen LogP contribution in [0.5, 0.6) is 0 Å². The van der Waals surface area contributed by atoms with Crippen molar-refractivity contribution in [2.45, 2.75) is 32.3 Å². The highest BCUT2D eigenvalue weighted by Crippen LogP contribution is 2.22. The first-order chi connectivity index (χ1) is 14.5. The van der Waals surface area contributed by atoms with E-state index in [2.05, 4.69) is 5.32 Å². The SMILES string of the molecule is COCc1cccc(NC(=O)[C@@H]2CCCN(S(=O)(=O)CCCc3ccccc3)C2)c1. The predicted octanol–water partition coefficient (Wildman–Crippen LogP) is 3.45. The number of ether oxygens (including phenoxy) is 1. The molecule has 0 bridgehead atoms. The number of nitrogens with zero attached hydrogens (tertiary/aromatic N) is 1. The van der Waals surface area contributed by atoms with Gasteiger partial charge in [0.25, 0.3) is 0 Å². The minimum Gasteiger partial charge on any atom is -0.380 e. The van der Waals surface area contributed by atoms with Crippen LogP contribution in [0.4, 0.5) is 5.69 Å². The average Bonchev–Trinajstić information content (AvgIpc) is 2.75. The van der Waals surface area contributed by atoms with Crippen LogP contribution < -0.4 is 5.32 Å². The van der Waals surface area contributed by atoms with Crippen LogP contribution in [0, 0.1) is 5.92 Å². The Morgan fingerprint density at radius 2 is 1.90 bits per heavy atom. The van der Waals surface area contributed by atoms with Gasteiger partial charge in [-0.3, -0.25) is 4.79 Å². The van der Waals surface area contributed by atoms with Gasteiger partial charge in [-0.15, -0.1) is 0 Å². The van der Waals surface area contributed by atoms with Crippen LogP contribution >= 0.6 is 0 Å². The molecule has 0 radical (unpaired) electrons. The van der Waals surface area contributed by atoms with E-state index in [4.69, 9.17) is 4.74 Å². The number of carbonyl (C=O) groups excluding carboxylic acids is 1. The van der Waals surface area contributed by atoms with E-state index in [1.807, 2.05) is 54.6 Å². The van der Waals surface area contributed by atoms with Gasteiger partial charge < -0.3 is 10.1 Å². The number of aryl methyl sites for hydroxylation is 1. The van der Waals surface area contributed by atoms with E-state index in [1.54, 1.807) is 7.11 Å². The molecule has 2 aromatic rings. The summed E-state index contributed by atoms with van der Waals surface area (Å²) in [4.78, 5) is 12.7. The van der Waals surface area contributed by atoms with Gasteiger partial charge in [0.15, 0.2) is 0 Å². The Morgan fingerprint density at radius 1 is 1.13 bits per heavy atom. The van der Waals surface area contributed by atoms with Crippen molar-refractivity contribution < 1.29 is 17.9 Å². The topological polar surface area (TPSA) is 75.7 Å². The molecule has 1 heterocycles. The van der Waals surface area contributed by atoms with Crippen LogP contribution in [0.25, 0.3) is 0 Å². The number of hydrogen-bond acceptors (Lipinski definition) is 4. The van der Waals surface area contributed by atoms with Crippen molar-refractivity contribution in [3.8, 4) is 0 Å². The minimum absolute atomic E-state index is 0.106. The summed E-state index contributed by atoms with van der Waals surface area (Å²) in [5.41, 5.74) is 2.82. The van der Waals surface area contributed by atoms with E-state index < -0.39 is 10.0 Å². The third kappa shape index (κ3) is 6.39. The number of amides is 1. The Bertz CT molecular complexity index is 931. The maximum absolute atomic E-state index is 12.8. The zero-order valence-corrected chi connectivity index (χ0v) is 18.2. The molecule has 1 atom stereocenters. The second-order valence-corrected chi connectivity index (χ2v) is 9.81. The van der Waals surface area contributed by atoms with Crippen LogP contribution in [-0.4, -0.2) is 44.6 Å². The largest absolute Gasteiger partial charge is 0.380 e. The summed E-state index contributed by atoms with van der Waals surface area (Å²) in [7, 11) is -1.74. The second kappa shape index (κ2) is 10.7. The third-order valence-electron chi connectivity index (χ3n) is 5.36. The molecule has 0 aliphatic carbocycles. The normalized spacial score (nSPS) is 17.6. The minimum atomic E-state index is -3.37. The Balaban J connectivity index is 1.54. The molecule has 2 aromatic carbocycles. The molecule has 1 amide bonds. The fourth-order valence-corrected chi connectivity index (χ4v) is 5.37. The fraction of sp³-hybridized carbons (Fsp3) is 0.435. The van der Waals surface area contributed by atoms with E-state index >= 15 is 0 Å². The van der Waals surface area contributed by atoms with Gasteiger partial charge in [-0.05, 0) is 48.9 Å². The summed E-state index contributed by atoms with van der Waals surface area (Å²) < 4.78 is 32.2. The molecule has 0 saturated carbocycles. The highest BCUT2D eigenvalue weighted by atomic mass is 32.2. The fourth-order valence-electron chi connectivity index (χ4n) is 3.79. The van der Waals surface area contributed by atoms with Crippen LogP contribution in [0.15, 0.2) is 54.6 Å². The Labute approximate surface area is 179 Å². The lowest BCUT2D eigenvalue weighted by atomic mass is 9.98. The van der Waals surface area contributed by atoms with Gasteiger partial charge in [0.05, 0.1) is 18.3 Å². The molecule has 0 aromatic heterocycles. The van der Waals surface area contributed by atoms with Gasteiger partial charge in [0, 0.05) is 25.9 Å². The number of carbonyl (C=O) groups is 1.